The van der Waals surface area contributed by atoms with Crippen molar-refractivity contribution in [2.24, 2.45) is 4.99 Å². The number of aromatic hydroxyl groups is 1. The third-order valence-electron chi connectivity index (χ3n) is 2.81. The van der Waals surface area contributed by atoms with Crippen LogP contribution >= 0.6 is 0 Å². The molecule has 2 rings (SSSR count). The van der Waals surface area contributed by atoms with E-state index in [2.05, 4.69) is 10.3 Å². The Morgan fingerprint density at radius 3 is 2.61 bits per heavy atom. The molecule has 124 valence electrons. The minimum atomic E-state index is -1.09. The summed E-state index contributed by atoms with van der Waals surface area (Å²) in [4.78, 5) is 26.4. The number of carboxylic acid groups (broad SMARTS) is 1. The first kappa shape index (κ1) is 16.6. The van der Waals surface area contributed by atoms with Gasteiger partial charge in [0.25, 0.3) is 0 Å². The van der Waals surface area contributed by atoms with Gasteiger partial charge in [0, 0.05) is 11.8 Å². The van der Waals surface area contributed by atoms with Crippen LogP contribution in [0.25, 0.3) is 0 Å². The summed E-state index contributed by atoms with van der Waals surface area (Å²) in [5, 5.41) is 21.4. The Hall–Kier alpha value is -2.77. The molecule has 0 aliphatic carbocycles. The Kier molecular flexibility index (Phi) is 4.44. The minimum Gasteiger partial charge on any atom is -0.507 e. The number of hydrogen-bond donors (Lipinski definition) is 3. The molecule has 1 aromatic carbocycles. The molecule has 1 aromatic rings. The number of phenols is 1. The molecule has 1 atom stereocenters. The Bertz CT molecular complexity index is 662. The molecule has 0 aromatic heterocycles. The van der Waals surface area contributed by atoms with Crippen LogP contribution < -0.4 is 5.32 Å². The van der Waals surface area contributed by atoms with E-state index in [0.29, 0.717) is 5.69 Å². The van der Waals surface area contributed by atoms with Gasteiger partial charge in [-0.25, -0.2) is 14.6 Å². The van der Waals surface area contributed by atoms with Crippen LogP contribution in [-0.4, -0.2) is 46.4 Å². The van der Waals surface area contributed by atoms with E-state index >= 15 is 0 Å². The van der Waals surface area contributed by atoms with E-state index in [1.807, 2.05) is 0 Å². The fourth-order valence-electron chi connectivity index (χ4n) is 1.86. The zero-order chi connectivity index (χ0) is 17.2. The van der Waals surface area contributed by atoms with Crippen molar-refractivity contribution in [2.75, 3.05) is 11.9 Å². The standard InChI is InChI=1S/C15H18N2O6/c1-15(2,3)23-14(21)16-8-4-5-9(11(18)6-8)12-17-10(7-22-12)13(19)20/h4-6,10,18H,7H2,1-3H3,(H,16,21)(H,19,20)/t10-/m0/s1. The molecule has 0 spiro atoms. The van der Waals surface area contributed by atoms with Crippen molar-refractivity contribution in [1.82, 2.24) is 0 Å². The third-order valence-corrected chi connectivity index (χ3v) is 2.81. The summed E-state index contributed by atoms with van der Waals surface area (Å²) in [7, 11) is 0. The van der Waals surface area contributed by atoms with Crippen LogP contribution in [0.3, 0.4) is 0 Å². The largest absolute Gasteiger partial charge is 0.507 e. The van der Waals surface area contributed by atoms with Gasteiger partial charge in [0.2, 0.25) is 5.90 Å². The van der Waals surface area contributed by atoms with Crippen molar-refractivity contribution in [3.63, 3.8) is 0 Å². The first-order chi connectivity index (χ1) is 10.7. The highest BCUT2D eigenvalue weighted by atomic mass is 16.6. The maximum atomic E-state index is 11.7. The van der Waals surface area contributed by atoms with Crippen molar-refractivity contribution in [2.45, 2.75) is 32.4 Å². The highest BCUT2D eigenvalue weighted by molar-refractivity contribution is 6.00. The van der Waals surface area contributed by atoms with Gasteiger partial charge in [-0.05, 0) is 32.9 Å². The summed E-state index contributed by atoms with van der Waals surface area (Å²) < 4.78 is 10.3. The molecule has 1 amide bonds. The zero-order valence-electron chi connectivity index (χ0n) is 13.0. The summed E-state index contributed by atoms with van der Waals surface area (Å²) in [6.45, 7) is 5.13. The minimum absolute atomic E-state index is 0.0544. The second-order valence-corrected chi connectivity index (χ2v) is 5.96. The van der Waals surface area contributed by atoms with Crippen LogP contribution in [0.4, 0.5) is 10.5 Å². The predicted octanol–water partition coefficient (Wildman–Crippen LogP) is 1.97. The number of carbonyl (C=O) groups is 2. The highest BCUT2D eigenvalue weighted by Gasteiger charge is 2.27. The lowest BCUT2D eigenvalue weighted by Gasteiger charge is -2.19. The molecule has 0 fully saturated rings. The van der Waals surface area contributed by atoms with E-state index in [1.54, 1.807) is 20.8 Å². The van der Waals surface area contributed by atoms with Gasteiger partial charge in [-0.2, -0.15) is 0 Å². The lowest BCUT2D eigenvalue weighted by atomic mass is 10.1. The first-order valence-electron chi connectivity index (χ1n) is 6.92. The first-order valence-corrected chi connectivity index (χ1v) is 6.92. The molecule has 0 saturated carbocycles. The van der Waals surface area contributed by atoms with Gasteiger partial charge in [-0.15, -0.1) is 0 Å². The predicted molar refractivity (Wildman–Crippen MR) is 81.9 cm³/mol. The van der Waals surface area contributed by atoms with Crippen LogP contribution in [0, 0.1) is 0 Å². The fraction of sp³-hybridized carbons (Fsp3) is 0.400. The van der Waals surface area contributed by atoms with Gasteiger partial charge in [0.15, 0.2) is 6.04 Å². The molecular formula is C15H18N2O6. The lowest BCUT2D eigenvalue weighted by Crippen LogP contribution is -2.27. The molecule has 0 radical (unpaired) electrons. The number of benzene rings is 1. The van der Waals surface area contributed by atoms with Gasteiger partial charge in [-0.1, -0.05) is 0 Å². The van der Waals surface area contributed by atoms with Crippen LogP contribution in [0.2, 0.25) is 0 Å². The topological polar surface area (TPSA) is 117 Å². The van der Waals surface area contributed by atoms with Crippen molar-refractivity contribution in [3.05, 3.63) is 23.8 Å². The number of carbonyl (C=O) groups excluding carboxylic acids is 1. The number of aliphatic carboxylic acids is 1. The maximum Gasteiger partial charge on any atom is 0.412 e. The third kappa shape index (κ3) is 4.35. The molecular weight excluding hydrogens is 304 g/mol. The van der Waals surface area contributed by atoms with Crippen molar-refractivity contribution >= 4 is 23.6 Å². The summed E-state index contributed by atoms with van der Waals surface area (Å²) in [5.74, 6) is -1.23. The molecule has 0 unspecified atom stereocenters. The fourth-order valence-corrected chi connectivity index (χ4v) is 1.86. The number of carboxylic acids is 1. The monoisotopic (exact) mass is 322 g/mol. The normalized spacial score (nSPS) is 17.2. The second kappa shape index (κ2) is 6.15. The average Bonchev–Trinajstić information content (AvgIpc) is 2.85. The second-order valence-electron chi connectivity index (χ2n) is 5.96. The molecule has 3 N–H and O–H groups in total. The van der Waals surface area contributed by atoms with Crippen LogP contribution in [0.15, 0.2) is 23.2 Å². The quantitative estimate of drug-likeness (QED) is 0.783. The van der Waals surface area contributed by atoms with E-state index in [4.69, 9.17) is 14.6 Å². The number of phenolic OH excluding ortho intramolecular Hbond substituents is 1. The molecule has 1 heterocycles. The number of ether oxygens (including phenoxy) is 2. The van der Waals surface area contributed by atoms with Crippen molar-refractivity contribution in [1.29, 1.82) is 0 Å². The van der Waals surface area contributed by atoms with E-state index in [-0.39, 0.29) is 23.8 Å². The van der Waals surface area contributed by atoms with Gasteiger partial charge in [0.05, 0.1) is 5.56 Å². The maximum absolute atomic E-state index is 11.7. The number of rotatable bonds is 3. The Balaban J connectivity index is 2.11. The average molecular weight is 322 g/mol. The molecule has 1 aliphatic rings. The van der Waals surface area contributed by atoms with Crippen LogP contribution in [0.5, 0.6) is 5.75 Å². The summed E-state index contributed by atoms with van der Waals surface area (Å²) >= 11 is 0. The molecule has 0 saturated heterocycles. The molecule has 8 heteroatoms. The molecule has 0 bridgehead atoms. The van der Waals surface area contributed by atoms with Gasteiger partial charge < -0.3 is 19.7 Å². The van der Waals surface area contributed by atoms with Crippen molar-refractivity contribution < 1.29 is 29.3 Å². The Morgan fingerprint density at radius 2 is 2.09 bits per heavy atom. The van der Waals surface area contributed by atoms with Gasteiger partial charge in [0.1, 0.15) is 18.0 Å². The van der Waals surface area contributed by atoms with Gasteiger partial charge >= 0.3 is 12.1 Å². The number of nitrogens with zero attached hydrogens (tertiary/aromatic N) is 1. The highest BCUT2D eigenvalue weighted by Crippen LogP contribution is 2.25. The van der Waals surface area contributed by atoms with E-state index in [0.717, 1.165) is 0 Å². The van der Waals surface area contributed by atoms with E-state index in [1.165, 1.54) is 18.2 Å². The number of amides is 1. The molecule has 23 heavy (non-hydrogen) atoms. The summed E-state index contributed by atoms with van der Waals surface area (Å²) in [6, 6.07) is 3.33. The Morgan fingerprint density at radius 1 is 1.39 bits per heavy atom. The number of nitrogens with one attached hydrogen (secondary N) is 1. The van der Waals surface area contributed by atoms with Gasteiger partial charge in [-0.3, -0.25) is 5.32 Å². The van der Waals surface area contributed by atoms with E-state index < -0.39 is 23.7 Å². The Labute approximate surface area is 132 Å². The van der Waals surface area contributed by atoms with Crippen LogP contribution in [0.1, 0.15) is 26.3 Å². The van der Waals surface area contributed by atoms with E-state index in [9.17, 15) is 14.7 Å². The zero-order valence-corrected chi connectivity index (χ0v) is 13.0. The van der Waals surface area contributed by atoms with Crippen LogP contribution in [-0.2, 0) is 14.3 Å². The summed E-state index contributed by atoms with van der Waals surface area (Å²) in [5.41, 5.74) is -0.0537. The smallest absolute Gasteiger partial charge is 0.412 e. The lowest BCUT2D eigenvalue weighted by molar-refractivity contribution is -0.138. The summed E-state index contributed by atoms with van der Waals surface area (Å²) in [6.07, 6.45) is -0.648. The molecule has 1 aliphatic heterocycles. The SMILES string of the molecule is CC(C)(C)OC(=O)Nc1ccc(C2=N[C@H](C(=O)O)CO2)c(O)c1. The number of hydrogen-bond acceptors (Lipinski definition) is 6. The molecule has 8 nitrogen and oxygen atoms in total. The van der Waals surface area contributed by atoms with Crippen molar-refractivity contribution in [3.8, 4) is 5.75 Å². The number of anilines is 1. The number of aliphatic imine (C=N–C) groups is 1.